The predicted octanol–water partition coefficient (Wildman–Crippen LogP) is 1.21. The molecule has 1 aromatic heterocycles. The molecule has 0 aliphatic heterocycles. The Hall–Kier alpha value is -0.920. The molecule has 1 aliphatic carbocycles. The Morgan fingerprint density at radius 2 is 2.00 bits per heavy atom. The highest BCUT2D eigenvalue weighted by atomic mass is 32.2. The Bertz CT molecular complexity index is 504. The van der Waals surface area contributed by atoms with Crippen LogP contribution in [0.15, 0.2) is 11.2 Å². The van der Waals surface area contributed by atoms with Crippen LogP contribution in [0.4, 0.5) is 0 Å². The summed E-state index contributed by atoms with van der Waals surface area (Å²) in [4.78, 5) is 0. The highest BCUT2D eigenvalue weighted by Gasteiger charge is 2.31. The molecular formula is C12H22N4O2S. The van der Waals surface area contributed by atoms with Crippen molar-refractivity contribution in [2.75, 3.05) is 7.05 Å². The second kappa shape index (κ2) is 6.02. The number of sulfonamides is 1. The number of nitrogens with zero attached hydrogens (tertiary/aromatic N) is 2. The maximum Gasteiger partial charge on any atom is 0.260 e. The van der Waals surface area contributed by atoms with Crippen molar-refractivity contribution < 1.29 is 8.42 Å². The second-order valence-electron chi connectivity index (χ2n) is 5.10. The first-order chi connectivity index (χ1) is 9.07. The first-order valence-electron chi connectivity index (χ1n) is 6.77. The third-order valence-corrected chi connectivity index (χ3v) is 5.80. The molecular weight excluding hydrogens is 264 g/mol. The number of nitrogens with two attached hydrogens (primary N) is 1. The molecule has 1 fully saturated rings. The molecule has 0 bridgehead atoms. The van der Waals surface area contributed by atoms with E-state index in [2.05, 4.69) is 10.2 Å². The van der Waals surface area contributed by atoms with E-state index in [-0.39, 0.29) is 17.6 Å². The average Bonchev–Trinajstić information content (AvgIpc) is 2.73. The molecule has 1 saturated carbocycles. The molecule has 3 N–H and O–H groups in total. The van der Waals surface area contributed by atoms with Gasteiger partial charge >= 0.3 is 0 Å². The Labute approximate surface area is 114 Å². The van der Waals surface area contributed by atoms with Crippen molar-refractivity contribution in [2.45, 2.75) is 56.1 Å². The average molecular weight is 286 g/mol. The Morgan fingerprint density at radius 3 is 2.58 bits per heavy atom. The summed E-state index contributed by atoms with van der Waals surface area (Å²) in [5.74, 6) is 0. The molecule has 108 valence electrons. The lowest BCUT2D eigenvalue weighted by atomic mass is 10.1. The summed E-state index contributed by atoms with van der Waals surface area (Å²) in [6.07, 6.45) is 7.93. The smallest absolute Gasteiger partial charge is 0.260 e. The van der Waals surface area contributed by atoms with E-state index in [1.165, 1.54) is 23.3 Å². The minimum atomic E-state index is -3.52. The van der Waals surface area contributed by atoms with Crippen molar-refractivity contribution in [3.63, 3.8) is 0 Å². The Balaban J connectivity index is 2.23. The summed E-state index contributed by atoms with van der Waals surface area (Å²) < 4.78 is 26.7. The molecule has 7 heteroatoms. The lowest BCUT2D eigenvalue weighted by Gasteiger charge is -2.26. The SMILES string of the molecule is CN(C1CCCCCC1)S(=O)(=O)c1[nH]ncc1CN. The van der Waals surface area contributed by atoms with Gasteiger partial charge in [0, 0.05) is 25.2 Å². The summed E-state index contributed by atoms with van der Waals surface area (Å²) in [6, 6.07) is 0.0847. The molecule has 0 aromatic carbocycles. The van der Waals surface area contributed by atoms with Crippen molar-refractivity contribution in [2.24, 2.45) is 5.73 Å². The maximum absolute atomic E-state index is 12.6. The van der Waals surface area contributed by atoms with Crippen LogP contribution >= 0.6 is 0 Å². The first-order valence-corrected chi connectivity index (χ1v) is 8.21. The highest BCUT2D eigenvalue weighted by molar-refractivity contribution is 7.89. The normalized spacial score (nSPS) is 18.7. The van der Waals surface area contributed by atoms with Gasteiger partial charge in [-0.15, -0.1) is 0 Å². The minimum absolute atomic E-state index is 0.0847. The maximum atomic E-state index is 12.6. The third kappa shape index (κ3) is 2.98. The molecule has 0 saturated heterocycles. The van der Waals surface area contributed by atoms with E-state index in [9.17, 15) is 8.42 Å². The standard InChI is InChI=1S/C12H22N4O2S/c1-16(11-6-4-2-3-5-7-11)19(17,18)12-10(8-13)9-14-15-12/h9,11H,2-8,13H2,1H3,(H,14,15). The first kappa shape index (κ1) is 14.5. The molecule has 1 aliphatic rings. The van der Waals surface area contributed by atoms with Crippen LogP contribution in [-0.2, 0) is 16.6 Å². The summed E-state index contributed by atoms with van der Waals surface area (Å²) in [5, 5.41) is 6.51. The molecule has 0 atom stereocenters. The molecule has 0 radical (unpaired) electrons. The summed E-state index contributed by atoms with van der Waals surface area (Å²) in [7, 11) is -1.86. The quantitative estimate of drug-likeness (QED) is 0.814. The number of hydrogen-bond donors (Lipinski definition) is 2. The van der Waals surface area contributed by atoms with Gasteiger partial charge < -0.3 is 5.73 Å². The van der Waals surface area contributed by atoms with E-state index >= 15 is 0 Å². The molecule has 2 rings (SSSR count). The lowest BCUT2D eigenvalue weighted by Crippen LogP contribution is -2.37. The predicted molar refractivity (Wildman–Crippen MR) is 72.9 cm³/mol. The van der Waals surface area contributed by atoms with Gasteiger partial charge in [-0.25, -0.2) is 8.42 Å². The van der Waals surface area contributed by atoms with Crippen LogP contribution in [0.3, 0.4) is 0 Å². The van der Waals surface area contributed by atoms with Crippen LogP contribution in [0.25, 0.3) is 0 Å². The number of nitrogens with one attached hydrogen (secondary N) is 1. The topological polar surface area (TPSA) is 92.1 Å². The van der Waals surface area contributed by atoms with Gasteiger partial charge in [-0.3, -0.25) is 5.10 Å². The fourth-order valence-electron chi connectivity index (χ4n) is 2.63. The van der Waals surface area contributed by atoms with E-state index in [0.29, 0.717) is 5.56 Å². The number of hydrogen-bond acceptors (Lipinski definition) is 4. The molecule has 0 amide bonds. The number of rotatable bonds is 4. The van der Waals surface area contributed by atoms with Crippen LogP contribution < -0.4 is 5.73 Å². The van der Waals surface area contributed by atoms with Crippen LogP contribution in [0.1, 0.15) is 44.1 Å². The fraction of sp³-hybridized carbons (Fsp3) is 0.750. The van der Waals surface area contributed by atoms with Gasteiger partial charge in [-0.1, -0.05) is 25.7 Å². The summed E-state index contributed by atoms with van der Waals surface area (Å²) >= 11 is 0. The van der Waals surface area contributed by atoms with Gasteiger partial charge in [0.1, 0.15) is 0 Å². The van der Waals surface area contributed by atoms with Gasteiger partial charge in [0.05, 0.1) is 6.20 Å². The molecule has 1 heterocycles. The second-order valence-corrected chi connectivity index (χ2v) is 7.03. The zero-order valence-electron chi connectivity index (χ0n) is 11.3. The van der Waals surface area contributed by atoms with Gasteiger partial charge in [0.2, 0.25) is 0 Å². The van der Waals surface area contributed by atoms with E-state index in [1.54, 1.807) is 7.05 Å². The Kier molecular flexibility index (Phi) is 4.59. The molecule has 19 heavy (non-hydrogen) atoms. The fourth-order valence-corrected chi connectivity index (χ4v) is 4.16. The third-order valence-electron chi connectivity index (χ3n) is 3.87. The van der Waals surface area contributed by atoms with E-state index in [1.807, 2.05) is 0 Å². The van der Waals surface area contributed by atoms with Gasteiger partial charge in [0.15, 0.2) is 5.03 Å². The van der Waals surface area contributed by atoms with E-state index in [4.69, 9.17) is 5.73 Å². The van der Waals surface area contributed by atoms with E-state index in [0.717, 1.165) is 25.7 Å². The molecule has 6 nitrogen and oxygen atoms in total. The van der Waals surface area contributed by atoms with Crippen LogP contribution in [0.5, 0.6) is 0 Å². The summed E-state index contributed by atoms with van der Waals surface area (Å²) in [5.41, 5.74) is 6.09. The van der Waals surface area contributed by atoms with Gasteiger partial charge in [0.25, 0.3) is 10.0 Å². The van der Waals surface area contributed by atoms with Crippen molar-refractivity contribution in [1.29, 1.82) is 0 Å². The van der Waals surface area contributed by atoms with Crippen molar-refractivity contribution >= 4 is 10.0 Å². The molecule has 0 unspecified atom stereocenters. The van der Waals surface area contributed by atoms with Crippen LogP contribution in [-0.4, -0.2) is 36.0 Å². The highest BCUT2D eigenvalue weighted by Crippen LogP contribution is 2.26. The minimum Gasteiger partial charge on any atom is -0.326 e. The van der Waals surface area contributed by atoms with Crippen molar-refractivity contribution in [3.05, 3.63) is 11.8 Å². The lowest BCUT2D eigenvalue weighted by molar-refractivity contribution is 0.334. The number of aromatic amines is 1. The number of H-pyrrole nitrogens is 1. The van der Waals surface area contributed by atoms with Crippen LogP contribution in [0, 0.1) is 0 Å². The zero-order valence-corrected chi connectivity index (χ0v) is 12.1. The molecule has 1 aromatic rings. The Morgan fingerprint density at radius 1 is 1.37 bits per heavy atom. The molecule has 0 spiro atoms. The van der Waals surface area contributed by atoms with Gasteiger partial charge in [-0.2, -0.15) is 9.40 Å². The van der Waals surface area contributed by atoms with Crippen molar-refractivity contribution in [3.8, 4) is 0 Å². The summed E-state index contributed by atoms with van der Waals surface area (Å²) in [6.45, 7) is 0.170. The zero-order chi connectivity index (χ0) is 13.9. The van der Waals surface area contributed by atoms with Gasteiger partial charge in [-0.05, 0) is 12.8 Å². The van der Waals surface area contributed by atoms with E-state index < -0.39 is 10.0 Å². The van der Waals surface area contributed by atoms with Crippen molar-refractivity contribution in [1.82, 2.24) is 14.5 Å². The van der Waals surface area contributed by atoms with Crippen LogP contribution in [0.2, 0.25) is 0 Å². The monoisotopic (exact) mass is 286 g/mol. The number of aromatic nitrogens is 2. The largest absolute Gasteiger partial charge is 0.326 e.